The van der Waals surface area contributed by atoms with Gasteiger partial charge < -0.3 is 20.1 Å². The van der Waals surface area contributed by atoms with Crippen molar-refractivity contribution in [3.63, 3.8) is 0 Å². The molecule has 216 valence electrons. The minimum absolute atomic E-state index is 0.0648. The summed E-state index contributed by atoms with van der Waals surface area (Å²) in [4.78, 5) is 34.2. The molecule has 1 amide bonds. The largest absolute Gasteiger partial charge is 0.490 e. The van der Waals surface area contributed by atoms with E-state index < -0.39 is 34.0 Å². The lowest BCUT2D eigenvalue weighted by Gasteiger charge is -2.30. The summed E-state index contributed by atoms with van der Waals surface area (Å²) in [5.41, 5.74) is -1.12. The van der Waals surface area contributed by atoms with Gasteiger partial charge in [0.15, 0.2) is 0 Å². The number of halogens is 4. The summed E-state index contributed by atoms with van der Waals surface area (Å²) in [6.07, 6.45) is -1.40. The van der Waals surface area contributed by atoms with Crippen molar-refractivity contribution in [2.45, 2.75) is 69.4 Å². The zero-order chi connectivity index (χ0) is 28.9. The van der Waals surface area contributed by atoms with E-state index in [2.05, 4.69) is 10.6 Å². The van der Waals surface area contributed by atoms with Gasteiger partial charge in [-0.1, -0.05) is 11.6 Å². The van der Waals surface area contributed by atoms with Crippen molar-refractivity contribution < 1.29 is 37.2 Å². The van der Waals surface area contributed by atoms with Crippen LogP contribution in [0.4, 0.5) is 24.5 Å². The van der Waals surface area contributed by atoms with Crippen LogP contribution in [0.25, 0.3) is 0 Å². The summed E-state index contributed by atoms with van der Waals surface area (Å²) in [5.74, 6) is -0.448. The molecule has 1 fully saturated rings. The molecule has 2 N–H and O–H groups in total. The lowest BCUT2D eigenvalue weighted by atomic mass is 9.92. The zero-order valence-electron chi connectivity index (χ0n) is 21.5. The Morgan fingerprint density at radius 1 is 1.12 bits per heavy atom. The molecule has 1 heterocycles. The number of carbonyl (C=O) groups is 2. The molecule has 2 aliphatic rings. The third kappa shape index (κ3) is 7.85. The normalized spacial score (nSPS) is 20.4. The fraction of sp³-hybridized carbons (Fsp3) is 0.481. The predicted octanol–water partition coefficient (Wildman–Crippen LogP) is 5.48. The van der Waals surface area contributed by atoms with Crippen LogP contribution in [0.1, 0.15) is 49.7 Å². The van der Waals surface area contributed by atoms with Crippen molar-refractivity contribution in [1.82, 2.24) is 5.32 Å². The molecule has 0 aromatic heterocycles. The van der Waals surface area contributed by atoms with Gasteiger partial charge in [0.25, 0.3) is 11.6 Å². The highest BCUT2D eigenvalue weighted by Gasteiger charge is 2.38. The molecule has 1 atom stereocenters. The van der Waals surface area contributed by atoms with Gasteiger partial charge in [0, 0.05) is 42.2 Å². The first-order valence-electron chi connectivity index (χ1n) is 13.0. The van der Waals surface area contributed by atoms with E-state index in [1.165, 1.54) is 6.07 Å². The molecular weight excluding hydrogens is 555 g/mol. The molecule has 0 radical (unpaired) electrons. The Bertz CT molecular complexity index is 1250. The number of amides is 1. The fourth-order valence-electron chi connectivity index (χ4n) is 4.97. The number of benzene rings is 2. The monoisotopic (exact) mass is 583 g/mol. The maximum atomic E-state index is 13.2. The summed E-state index contributed by atoms with van der Waals surface area (Å²) in [6.45, 7) is 0.399. The van der Waals surface area contributed by atoms with Crippen LogP contribution in [-0.4, -0.2) is 48.0 Å². The average molecular weight is 584 g/mol. The number of ketones is 1. The molecule has 0 bridgehead atoms. The van der Waals surface area contributed by atoms with E-state index in [1.54, 1.807) is 12.1 Å². The number of nitro benzene ring substituents is 1. The second-order valence-corrected chi connectivity index (χ2v) is 10.3. The molecule has 2 aromatic rings. The molecule has 0 saturated heterocycles. The highest BCUT2D eigenvalue weighted by Crippen LogP contribution is 2.38. The first-order valence-corrected chi connectivity index (χ1v) is 13.4. The van der Waals surface area contributed by atoms with Gasteiger partial charge in [-0.25, -0.2) is 0 Å². The molecule has 1 unspecified atom stereocenters. The van der Waals surface area contributed by atoms with Crippen molar-refractivity contribution >= 4 is 34.7 Å². The van der Waals surface area contributed by atoms with E-state index in [0.717, 1.165) is 23.4 Å². The Balaban J connectivity index is 1.11. The Hall–Kier alpha value is -3.38. The van der Waals surface area contributed by atoms with Crippen LogP contribution in [0.15, 0.2) is 36.4 Å². The second-order valence-electron chi connectivity index (χ2n) is 9.89. The third-order valence-corrected chi connectivity index (χ3v) is 7.23. The first-order chi connectivity index (χ1) is 19.0. The quantitative estimate of drug-likeness (QED) is 0.156. The number of alkyl halides is 3. The van der Waals surface area contributed by atoms with Crippen molar-refractivity contribution in [2.24, 2.45) is 0 Å². The maximum absolute atomic E-state index is 13.2. The minimum atomic E-state index is -4.84. The summed E-state index contributed by atoms with van der Waals surface area (Å²) in [6, 6.07) is 8.16. The number of hydrogen-bond donors (Lipinski definition) is 2. The molecular formula is C27H29ClF3N3O6. The number of nitro groups is 1. The van der Waals surface area contributed by atoms with E-state index in [1.807, 2.05) is 6.07 Å². The van der Waals surface area contributed by atoms with Gasteiger partial charge in [0.05, 0.1) is 17.6 Å². The van der Waals surface area contributed by atoms with Crippen LogP contribution in [0.3, 0.4) is 0 Å². The summed E-state index contributed by atoms with van der Waals surface area (Å²) in [5, 5.41) is 17.1. The second kappa shape index (κ2) is 12.9. The summed E-state index contributed by atoms with van der Waals surface area (Å²) in [7, 11) is 0. The standard InChI is InChI=1S/C27H29ClF3N3O6/c28-17-1-10-25-16(13-17)14-21(40-25)7-9-24(35)26(36)32-11-12-39-20-5-2-18(3-6-20)33-19-4-8-23(34(37)38)22(15-19)27(29,30)31/h1,4,8,10,13,15,18,20-21,33H,2-3,5-7,9,11-12,14H2,(H,32,36). The summed E-state index contributed by atoms with van der Waals surface area (Å²) >= 11 is 5.99. The van der Waals surface area contributed by atoms with E-state index in [9.17, 15) is 32.9 Å². The molecule has 4 rings (SSSR count). The Morgan fingerprint density at radius 3 is 2.58 bits per heavy atom. The van der Waals surface area contributed by atoms with Crippen LogP contribution < -0.4 is 15.4 Å². The highest BCUT2D eigenvalue weighted by molar-refractivity contribution is 6.36. The Labute approximate surface area is 233 Å². The van der Waals surface area contributed by atoms with E-state index in [-0.39, 0.29) is 43.5 Å². The zero-order valence-corrected chi connectivity index (χ0v) is 22.2. The van der Waals surface area contributed by atoms with Crippen molar-refractivity contribution in [3.8, 4) is 5.75 Å². The molecule has 13 heteroatoms. The first kappa shape index (κ1) is 29.6. The lowest BCUT2D eigenvalue weighted by molar-refractivity contribution is -0.388. The number of nitrogens with zero attached hydrogens (tertiary/aromatic N) is 1. The van der Waals surface area contributed by atoms with Gasteiger partial charge in [-0.15, -0.1) is 0 Å². The Morgan fingerprint density at radius 2 is 1.88 bits per heavy atom. The topological polar surface area (TPSA) is 120 Å². The fourth-order valence-corrected chi connectivity index (χ4v) is 5.16. The molecule has 1 saturated carbocycles. The van der Waals surface area contributed by atoms with E-state index in [0.29, 0.717) is 43.5 Å². The maximum Gasteiger partial charge on any atom is 0.423 e. The minimum Gasteiger partial charge on any atom is -0.490 e. The number of ether oxygens (including phenoxy) is 2. The van der Waals surface area contributed by atoms with Gasteiger partial charge >= 0.3 is 6.18 Å². The highest BCUT2D eigenvalue weighted by atomic mass is 35.5. The number of nitrogens with one attached hydrogen (secondary N) is 2. The molecule has 0 spiro atoms. The molecule has 9 nitrogen and oxygen atoms in total. The van der Waals surface area contributed by atoms with Gasteiger partial charge in [0.1, 0.15) is 17.4 Å². The van der Waals surface area contributed by atoms with Gasteiger partial charge in [-0.3, -0.25) is 19.7 Å². The van der Waals surface area contributed by atoms with E-state index in [4.69, 9.17) is 21.1 Å². The molecule has 40 heavy (non-hydrogen) atoms. The van der Waals surface area contributed by atoms with Gasteiger partial charge in [0.2, 0.25) is 5.78 Å². The number of hydrogen-bond acceptors (Lipinski definition) is 7. The van der Waals surface area contributed by atoms with Crippen molar-refractivity contribution in [2.75, 3.05) is 18.5 Å². The number of Topliss-reactive ketones (excluding diaryl/α,β-unsaturated/α-hetero) is 1. The van der Waals surface area contributed by atoms with Crippen LogP contribution >= 0.6 is 11.6 Å². The average Bonchev–Trinajstić information content (AvgIpc) is 3.32. The number of rotatable bonds is 11. The third-order valence-electron chi connectivity index (χ3n) is 7.00. The van der Waals surface area contributed by atoms with Crippen LogP contribution in [0, 0.1) is 10.1 Å². The summed E-state index contributed by atoms with van der Waals surface area (Å²) < 4.78 is 51.2. The SMILES string of the molecule is O=C(CCC1Cc2cc(Cl)ccc2O1)C(=O)NCCOC1CCC(Nc2ccc([N+](=O)[O-])c(C(F)(F)F)c2)CC1. The van der Waals surface area contributed by atoms with Crippen LogP contribution in [0.2, 0.25) is 5.02 Å². The van der Waals surface area contributed by atoms with Crippen LogP contribution in [0.5, 0.6) is 5.75 Å². The number of fused-ring (bicyclic) bond motifs is 1. The predicted molar refractivity (Wildman–Crippen MR) is 141 cm³/mol. The molecule has 2 aromatic carbocycles. The smallest absolute Gasteiger partial charge is 0.423 e. The number of carbonyl (C=O) groups excluding carboxylic acids is 2. The van der Waals surface area contributed by atoms with Crippen molar-refractivity contribution in [1.29, 1.82) is 0 Å². The lowest BCUT2D eigenvalue weighted by Crippen LogP contribution is -2.35. The Kier molecular flexibility index (Phi) is 9.52. The van der Waals surface area contributed by atoms with E-state index >= 15 is 0 Å². The van der Waals surface area contributed by atoms with Gasteiger partial charge in [-0.2, -0.15) is 13.2 Å². The molecule has 1 aliphatic carbocycles. The van der Waals surface area contributed by atoms with Crippen LogP contribution in [-0.2, 0) is 26.9 Å². The van der Waals surface area contributed by atoms with Gasteiger partial charge in [-0.05, 0) is 68.0 Å². The number of anilines is 1. The molecule has 1 aliphatic heterocycles. The van der Waals surface area contributed by atoms with Crippen molar-refractivity contribution in [3.05, 3.63) is 62.7 Å².